The van der Waals surface area contributed by atoms with E-state index in [4.69, 9.17) is 4.74 Å². The molecule has 1 N–H and O–H groups in total. The van der Waals surface area contributed by atoms with Crippen LogP contribution in [-0.2, 0) is 11.3 Å². The van der Waals surface area contributed by atoms with Crippen molar-refractivity contribution in [3.63, 3.8) is 0 Å². The van der Waals surface area contributed by atoms with Gasteiger partial charge >= 0.3 is 0 Å². The maximum Gasteiger partial charge on any atom is 0.0900 e. The van der Waals surface area contributed by atoms with Gasteiger partial charge in [0.2, 0.25) is 0 Å². The van der Waals surface area contributed by atoms with Crippen molar-refractivity contribution in [3.05, 3.63) is 35.9 Å². The lowest BCUT2D eigenvalue weighted by molar-refractivity contribution is -0.0115. The first-order chi connectivity index (χ1) is 11.3. The third kappa shape index (κ3) is 4.54. The fourth-order valence-corrected chi connectivity index (χ4v) is 4.31. The van der Waals surface area contributed by atoms with Gasteiger partial charge < -0.3 is 14.7 Å². The van der Waals surface area contributed by atoms with Crippen LogP contribution < -0.4 is 0 Å². The number of aliphatic hydroxyl groups excluding tert-OH is 1. The lowest BCUT2D eigenvalue weighted by atomic mass is 9.83. The summed E-state index contributed by atoms with van der Waals surface area (Å²) in [7, 11) is 1.65. The number of hydrogen-bond acceptors (Lipinski definition) is 4. The SMILES string of the molecule is COC[C@H](O)CN1CCC2C(CCCN2Cc2ccccc2)C1. The second-order valence-corrected chi connectivity index (χ2v) is 7.08. The minimum absolute atomic E-state index is 0.361. The minimum atomic E-state index is -0.361. The molecule has 2 saturated heterocycles. The molecule has 23 heavy (non-hydrogen) atoms. The molecule has 2 fully saturated rings. The molecule has 1 aromatic carbocycles. The summed E-state index contributed by atoms with van der Waals surface area (Å²) in [5.74, 6) is 0.746. The molecule has 0 saturated carbocycles. The van der Waals surface area contributed by atoms with E-state index in [1.54, 1.807) is 7.11 Å². The molecule has 4 nitrogen and oxygen atoms in total. The quantitative estimate of drug-likeness (QED) is 0.870. The van der Waals surface area contributed by atoms with Gasteiger partial charge in [-0.3, -0.25) is 4.90 Å². The minimum Gasteiger partial charge on any atom is -0.389 e. The number of fused-ring (bicyclic) bond motifs is 1. The van der Waals surface area contributed by atoms with Crippen molar-refractivity contribution in [1.82, 2.24) is 9.80 Å². The molecule has 0 bridgehead atoms. The number of hydrogen-bond donors (Lipinski definition) is 1. The standard InChI is InChI=1S/C19H30N2O2/c1-23-15-18(22)14-20-11-9-19-17(13-20)8-5-10-21(19)12-16-6-3-2-4-7-16/h2-4,6-7,17-19,22H,5,8-15H2,1H3/t17?,18-,19?/m1/s1. The first-order valence-corrected chi connectivity index (χ1v) is 8.93. The molecule has 0 aliphatic carbocycles. The molecular formula is C19H30N2O2. The van der Waals surface area contributed by atoms with Crippen LogP contribution in [0.1, 0.15) is 24.8 Å². The monoisotopic (exact) mass is 318 g/mol. The van der Waals surface area contributed by atoms with Gasteiger partial charge in [-0.05, 0) is 43.8 Å². The van der Waals surface area contributed by atoms with Crippen molar-refractivity contribution < 1.29 is 9.84 Å². The summed E-state index contributed by atoms with van der Waals surface area (Å²) >= 11 is 0. The van der Waals surface area contributed by atoms with Crippen molar-refractivity contribution in [2.24, 2.45) is 5.92 Å². The van der Waals surface area contributed by atoms with E-state index in [0.29, 0.717) is 12.6 Å². The largest absolute Gasteiger partial charge is 0.389 e. The number of methoxy groups -OCH3 is 1. The Morgan fingerprint density at radius 1 is 1.22 bits per heavy atom. The molecule has 3 atom stereocenters. The maximum atomic E-state index is 9.97. The number of benzene rings is 1. The molecule has 128 valence electrons. The van der Waals surface area contributed by atoms with Crippen LogP contribution in [0.4, 0.5) is 0 Å². The highest BCUT2D eigenvalue weighted by atomic mass is 16.5. The Balaban J connectivity index is 1.55. The van der Waals surface area contributed by atoms with Gasteiger partial charge in [0.05, 0.1) is 12.7 Å². The van der Waals surface area contributed by atoms with Crippen LogP contribution >= 0.6 is 0 Å². The Morgan fingerprint density at radius 3 is 2.83 bits per heavy atom. The average molecular weight is 318 g/mol. The van der Waals surface area contributed by atoms with Crippen LogP contribution in [0.3, 0.4) is 0 Å². The van der Waals surface area contributed by atoms with Crippen LogP contribution in [0.5, 0.6) is 0 Å². The molecule has 0 spiro atoms. The first kappa shape index (κ1) is 16.9. The van der Waals surface area contributed by atoms with Gasteiger partial charge in [-0.1, -0.05) is 30.3 Å². The van der Waals surface area contributed by atoms with Crippen LogP contribution in [0, 0.1) is 5.92 Å². The zero-order valence-corrected chi connectivity index (χ0v) is 14.2. The summed E-state index contributed by atoms with van der Waals surface area (Å²) in [4.78, 5) is 5.11. The van der Waals surface area contributed by atoms with Crippen LogP contribution in [0.15, 0.2) is 30.3 Å². The highest BCUT2D eigenvalue weighted by Gasteiger charge is 2.36. The van der Waals surface area contributed by atoms with E-state index in [9.17, 15) is 5.11 Å². The second-order valence-electron chi connectivity index (χ2n) is 7.08. The second kappa shape index (κ2) is 8.25. The van der Waals surface area contributed by atoms with E-state index in [0.717, 1.165) is 32.1 Å². The summed E-state index contributed by atoms with van der Waals surface area (Å²) in [6, 6.07) is 11.5. The van der Waals surface area contributed by atoms with E-state index in [2.05, 4.69) is 40.1 Å². The van der Waals surface area contributed by atoms with Crippen LogP contribution in [0.25, 0.3) is 0 Å². The predicted molar refractivity (Wildman–Crippen MR) is 92.3 cm³/mol. The maximum absolute atomic E-state index is 9.97. The van der Waals surface area contributed by atoms with Crippen molar-refractivity contribution in [3.8, 4) is 0 Å². The van der Waals surface area contributed by atoms with Crippen molar-refractivity contribution in [2.45, 2.75) is 38.0 Å². The van der Waals surface area contributed by atoms with Crippen molar-refractivity contribution in [1.29, 1.82) is 0 Å². The average Bonchev–Trinajstić information content (AvgIpc) is 2.56. The van der Waals surface area contributed by atoms with Crippen molar-refractivity contribution >= 4 is 0 Å². The lowest BCUT2D eigenvalue weighted by Gasteiger charge is -2.47. The van der Waals surface area contributed by atoms with Gasteiger partial charge in [0.25, 0.3) is 0 Å². The van der Waals surface area contributed by atoms with E-state index in [-0.39, 0.29) is 6.10 Å². The molecule has 2 aliphatic heterocycles. The van der Waals surface area contributed by atoms with Gasteiger partial charge in [-0.25, -0.2) is 0 Å². The third-order valence-electron chi connectivity index (χ3n) is 5.32. The van der Waals surface area contributed by atoms with E-state index in [1.807, 2.05) is 0 Å². The van der Waals surface area contributed by atoms with Crippen molar-refractivity contribution in [2.75, 3.05) is 39.9 Å². The highest BCUT2D eigenvalue weighted by Crippen LogP contribution is 2.31. The van der Waals surface area contributed by atoms with Gasteiger partial charge in [-0.2, -0.15) is 0 Å². The van der Waals surface area contributed by atoms with E-state index in [1.165, 1.54) is 31.4 Å². The molecule has 0 aromatic heterocycles. The summed E-state index contributed by atoms with van der Waals surface area (Å²) in [5.41, 5.74) is 1.42. The Bertz CT molecular complexity index is 468. The zero-order valence-electron chi connectivity index (χ0n) is 14.2. The Labute approximate surface area is 140 Å². The molecule has 0 radical (unpaired) electrons. The van der Waals surface area contributed by atoms with Crippen LogP contribution in [0.2, 0.25) is 0 Å². The first-order valence-electron chi connectivity index (χ1n) is 8.93. The number of ether oxygens (including phenoxy) is 1. The van der Waals surface area contributed by atoms with Gasteiger partial charge in [-0.15, -0.1) is 0 Å². The van der Waals surface area contributed by atoms with Gasteiger partial charge in [0, 0.05) is 32.8 Å². The molecule has 2 unspecified atom stereocenters. The third-order valence-corrected chi connectivity index (χ3v) is 5.32. The summed E-state index contributed by atoms with van der Waals surface area (Å²) in [5, 5.41) is 9.97. The fraction of sp³-hybridized carbons (Fsp3) is 0.684. The number of rotatable bonds is 6. The molecule has 1 aromatic rings. The molecule has 4 heteroatoms. The summed E-state index contributed by atoms with van der Waals surface area (Å²) < 4.78 is 5.05. The van der Waals surface area contributed by atoms with Gasteiger partial charge in [0.1, 0.15) is 0 Å². The van der Waals surface area contributed by atoms with E-state index >= 15 is 0 Å². The normalized spacial score (nSPS) is 27.6. The molecule has 2 aliphatic rings. The number of β-amino-alcohol motifs (C(OH)–C–C–N with tert-alkyl or cyclic N) is 1. The Kier molecular flexibility index (Phi) is 6.06. The summed E-state index contributed by atoms with van der Waals surface area (Å²) in [6.45, 7) is 5.70. The van der Waals surface area contributed by atoms with E-state index < -0.39 is 0 Å². The Morgan fingerprint density at radius 2 is 2.04 bits per heavy atom. The number of piperidine rings is 2. The smallest absolute Gasteiger partial charge is 0.0900 e. The van der Waals surface area contributed by atoms with Crippen LogP contribution in [-0.4, -0.2) is 66.9 Å². The number of aliphatic hydroxyl groups is 1. The number of likely N-dealkylation sites (tertiary alicyclic amines) is 2. The van der Waals surface area contributed by atoms with Gasteiger partial charge in [0.15, 0.2) is 0 Å². The lowest BCUT2D eigenvalue weighted by Crippen LogP contribution is -2.54. The molecule has 3 rings (SSSR count). The fourth-order valence-electron chi connectivity index (χ4n) is 4.31. The number of nitrogens with zero attached hydrogens (tertiary/aromatic N) is 2. The zero-order chi connectivity index (χ0) is 16.1. The molecule has 0 amide bonds. The molecular weight excluding hydrogens is 288 g/mol. The topological polar surface area (TPSA) is 35.9 Å². The molecule has 2 heterocycles. The Hall–Kier alpha value is -0.940. The highest BCUT2D eigenvalue weighted by molar-refractivity contribution is 5.15. The predicted octanol–water partition coefficient (Wildman–Crippen LogP) is 1.98. The summed E-state index contributed by atoms with van der Waals surface area (Å²) in [6.07, 6.45) is 3.48.